The standard InChI is InChI=1S/C66H69N9O8/c1-3-54-55-35-52(21-22-59(55)71-62-56(54)43-75-60(62)36-58-57(63(75)77)44-82-64(78)66(58,80)4-2)83-65(79)74-29-23-47(24-30-74)61(76)20-6-5-15-31-81-53-33-45(37-72(39-48-16-7-11-25-67-48)40-49-17-8-12-26-68-49)32-46(34-53)38-73(41-50-18-9-13-27-69-50)42-51-19-10-14-28-70-51/h7-14,16-19,21-22,25-28,32-36,47,80H,3-6,15,20,23-24,29-31,37-44H2,1-2H3/t66-/m1/s1. The van der Waals surface area contributed by atoms with Crippen LogP contribution in [-0.2, 0) is 78.8 Å². The van der Waals surface area contributed by atoms with Crippen LogP contribution < -0.4 is 15.0 Å². The van der Waals surface area contributed by atoms with E-state index in [0.717, 1.165) is 75.4 Å². The van der Waals surface area contributed by atoms with E-state index in [9.17, 15) is 24.3 Å². The van der Waals surface area contributed by atoms with Gasteiger partial charge in [0.15, 0.2) is 5.60 Å². The molecule has 0 bridgehead atoms. The summed E-state index contributed by atoms with van der Waals surface area (Å²) in [6.45, 7) is 8.99. The van der Waals surface area contributed by atoms with Crippen molar-refractivity contribution in [1.82, 2.24) is 44.2 Å². The number of hydrogen-bond acceptors (Lipinski definition) is 15. The summed E-state index contributed by atoms with van der Waals surface area (Å²) in [5.41, 5.74) is 8.10. The van der Waals surface area contributed by atoms with Gasteiger partial charge in [0.2, 0.25) is 0 Å². The number of aromatic nitrogens is 6. The third-order valence-corrected chi connectivity index (χ3v) is 16.2. The molecule has 0 spiro atoms. The van der Waals surface area contributed by atoms with E-state index in [4.69, 9.17) is 19.2 Å². The van der Waals surface area contributed by atoms with E-state index in [1.54, 1.807) is 34.6 Å². The number of fused-ring (bicyclic) bond motifs is 5. The topological polar surface area (TPSA) is 195 Å². The number of Topliss-reactive ketones (excluding diaryl/α,β-unsaturated/α-hetero) is 1. The Morgan fingerprint density at radius 2 is 1.28 bits per heavy atom. The highest BCUT2D eigenvalue weighted by Crippen LogP contribution is 2.41. The zero-order valence-electron chi connectivity index (χ0n) is 47.1. The molecule has 426 valence electrons. The third-order valence-electron chi connectivity index (χ3n) is 16.2. The maximum atomic E-state index is 13.8. The van der Waals surface area contributed by atoms with Crippen LogP contribution in [0.2, 0.25) is 0 Å². The first-order chi connectivity index (χ1) is 40.5. The number of ether oxygens (including phenoxy) is 3. The van der Waals surface area contributed by atoms with Gasteiger partial charge in [0.25, 0.3) is 5.56 Å². The Bertz CT molecular complexity index is 3470. The lowest BCUT2D eigenvalue weighted by atomic mass is 9.86. The molecule has 9 heterocycles. The van der Waals surface area contributed by atoms with Crippen molar-refractivity contribution in [2.24, 2.45) is 5.92 Å². The van der Waals surface area contributed by atoms with E-state index in [1.165, 1.54) is 0 Å². The van der Waals surface area contributed by atoms with Crippen LogP contribution >= 0.6 is 0 Å². The van der Waals surface area contributed by atoms with E-state index in [2.05, 4.69) is 72.2 Å². The van der Waals surface area contributed by atoms with Crippen LogP contribution in [0.25, 0.3) is 22.3 Å². The summed E-state index contributed by atoms with van der Waals surface area (Å²) in [4.78, 5) is 83.6. The van der Waals surface area contributed by atoms with Crippen LogP contribution in [0.5, 0.6) is 11.5 Å². The summed E-state index contributed by atoms with van der Waals surface area (Å²) >= 11 is 0. The zero-order valence-corrected chi connectivity index (χ0v) is 47.1. The second kappa shape index (κ2) is 25.7. The summed E-state index contributed by atoms with van der Waals surface area (Å²) in [7, 11) is 0. The smallest absolute Gasteiger partial charge is 0.415 e. The van der Waals surface area contributed by atoms with Crippen molar-refractivity contribution in [2.45, 2.75) is 123 Å². The van der Waals surface area contributed by atoms with Crippen LogP contribution in [0.4, 0.5) is 4.79 Å². The van der Waals surface area contributed by atoms with E-state index in [1.807, 2.05) is 86.3 Å². The molecular formula is C66H69N9O8. The first-order valence-electron chi connectivity index (χ1n) is 28.9. The number of amides is 1. The largest absolute Gasteiger partial charge is 0.494 e. The number of pyridine rings is 6. The normalized spacial score (nSPS) is 15.7. The Kier molecular flexibility index (Phi) is 17.5. The summed E-state index contributed by atoms with van der Waals surface area (Å²) in [6.07, 6.45) is 11.5. The molecule has 0 radical (unpaired) electrons. The van der Waals surface area contributed by atoms with Gasteiger partial charge in [-0.2, -0.15) is 0 Å². The maximum Gasteiger partial charge on any atom is 0.415 e. The number of carbonyl (C=O) groups is 3. The van der Waals surface area contributed by atoms with Gasteiger partial charge in [0.05, 0.1) is 58.4 Å². The number of cyclic esters (lactones) is 1. The van der Waals surface area contributed by atoms with E-state index >= 15 is 0 Å². The highest BCUT2D eigenvalue weighted by atomic mass is 16.6. The molecule has 11 rings (SSSR count). The lowest BCUT2D eigenvalue weighted by Gasteiger charge is -2.31. The Morgan fingerprint density at radius 1 is 0.687 bits per heavy atom. The molecule has 1 N–H and O–H groups in total. The minimum atomic E-state index is -1.91. The number of carbonyl (C=O) groups excluding carboxylic acids is 3. The van der Waals surface area contributed by atoms with Gasteiger partial charge in [-0.05, 0) is 147 Å². The fourth-order valence-corrected chi connectivity index (χ4v) is 11.9. The van der Waals surface area contributed by atoms with Gasteiger partial charge in [0, 0.05) is 106 Å². The lowest BCUT2D eigenvalue weighted by molar-refractivity contribution is -0.172. The molecular weight excluding hydrogens is 1050 g/mol. The van der Waals surface area contributed by atoms with Gasteiger partial charge < -0.3 is 28.8 Å². The second-order valence-electron chi connectivity index (χ2n) is 21.9. The molecule has 3 aliphatic heterocycles. The van der Waals surface area contributed by atoms with Crippen molar-refractivity contribution in [3.63, 3.8) is 0 Å². The van der Waals surface area contributed by atoms with Gasteiger partial charge in [-0.15, -0.1) is 0 Å². The third kappa shape index (κ3) is 13.1. The Labute approximate surface area is 483 Å². The number of ketones is 1. The molecule has 0 aliphatic carbocycles. The minimum Gasteiger partial charge on any atom is -0.494 e. The molecule has 1 amide bonds. The van der Waals surface area contributed by atoms with Gasteiger partial charge in [-0.1, -0.05) is 44.2 Å². The van der Waals surface area contributed by atoms with Crippen LogP contribution in [0.3, 0.4) is 0 Å². The van der Waals surface area contributed by atoms with Crippen molar-refractivity contribution in [3.8, 4) is 22.9 Å². The molecule has 1 atom stereocenters. The first-order valence-corrected chi connectivity index (χ1v) is 28.9. The number of esters is 1. The summed E-state index contributed by atoms with van der Waals surface area (Å²) < 4.78 is 19.4. The van der Waals surface area contributed by atoms with Gasteiger partial charge in [-0.3, -0.25) is 39.3 Å². The molecule has 8 aromatic rings. The predicted molar refractivity (Wildman–Crippen MR) is 312 cm³/mol. The number of piperidine rings is 1. The SMILES string of the molecule is CCc1c2c(nc3ccc(OC(=O)N4CCC(C(=O)CCCCCOc5cc(CN(Cc6ccccn6)Cc6ccccn6)cc(CN(Cc6ccccn6)Cc6ccccn6)c5)CC4)cc13)-c1cc3c(c(=O)n1C2)COC(=O)[C@@]3(O)CC. The van der Waals surface area contributed by atoms with Crippen molar-refractivity contribution < 1.29 is 33.7 Å². The molecule has 3 aliphatic rings. The van der Waals surface area contributed by atoms with Crippen LogP contribution in [0.1, 0.15) is 115 Å². The number of aryl methyl sites for hydroxylation is 1. The number of likely N-dealkylation sites (tertiary alicyclic amines) is 1. The zero-order chi connectivity index (χ0) is 57.3. The molecule has 17 nitrogen and oxygen atoms in total. The van der Waals surface area contributed by atoms with Gasteiger partial charge in [-0.25, -0.2) is 14.6 Å². The van der Waals surface area contributed by atoms with Crippen LogP contribution in [-0.4, -0.2) is 86.8 Å². The molecule has 0 unspecified atom stereocenters. The predicted octanol–water partition coefficient (Wildman–Crippen LogP) is 10.0. The average Bonchev–Trinajstić information content (AvgIpc) is 4.15. The van der Waals surface area contributed by atoms with Crippen molar-refractivity contribution in [2.75, 3.05) is 19.7 Å². The molecule has 0 saturated carbocycles. The number of benzene rings is 2. The minimum absolute atomic E-state index is 0.0595. The molecule has 6 aromatic heterocycles. The quantitative estimate of drug-likeness (QED) is 0.0469. The number of hydrogen-bond donors (Lipinski definition) is 1. The fraction of sp³-hybridized carbons (Fsp3) is 0.348. The highest BCUT2D eigenvalue weighted by molar-refractivity contribution is 5.90. The second-order valence-corrected chi connectivity index (χ2v) is 21.9. The summed E-state index contributed by atoms with van der Waals surface area (Å²) in [5.74, 6) is 0.519. The Balaban J connectivity index is 0.691. The van der Waals surface area contributed by atoms with Crippen molar-refractivity contribution in [3.05, 3.63) is 207 Å². The lowest BCUT2D eigenvalue weighted by Crippen LogP contribution is -2.44. The summed E-state index contributed by atoms with van der Waals surface area (Å²) in [5, 5.41) is 12.1. The van der Waals surface area contributed by atoms with E-state index in [0.29, 0.717) is 107 Å². The molecule has 1 fully saturated rings. The maximum absolute atomic E-state index is 13.8. The number of nitrogens with zero attached hydrogens (tertiary/aromatic N) is 9. The Morgan fingerprint density at radius 3 is 1.82 bits per heavy atom. The van der Waals surface area contributed by atoms with Gasteiger partial charge >= 0.3 is 12.1 Å². The molecule has 17 heteroatoms. The number of unbranched alkanes of at least 4 members (excludes halogenated alkanes) is 2. The first kappa shape index (κ1) is 56.4. The van der Waals surface area contributed by atoms with Crippen LogP contribution in [0, 0.1) is 5.92 Å². The number of rotatable bonds is 23. The molecule has 1 saturated heterocycles. The fourth-order valence-electron chi connectivity index (χ4n) is 11.9. The molecule has 2 aromatic carbocycles. The average molecular weight is 1120 g/mol. The van der Waals surface area contributed by atoms with Gasteiger partial charge in [0.1, 0.15) is 23.9 Å². The highest BCUT2D eigenvalue weighted by Gasteiger charge is 2.45. The van der Waals surface area contributed by atoms with Crippen LogP contribution in [0.15, 0.2) is 145 Å². The monoisotopic (exact) mass is 1120 g/mol. The van der Waals surface area contributed by atoms with Crippen molar-refractivity contribution in [1.29, 1.82) is 0 Å². The molecule has 83 heavy (non-hydrogen) atoms. The van der Waals surface area contributed by atoms with E-state index < -0.39 is 17.7 Å². The summed E-state index contributed by atoms with van der Waals surface area (Å²) in [6, 6.07) is 37.6. The van der Waals surface area contributed by atoms with Crippen molar-refractivity contribution >= 4 is 28.7 Å². The Hall–Kier alpha value is -8.51. The number of aliphatic hydroxyl groups is 1. The van der Waals surface area contributed by atoms with E-state index in [-0.39, 0.29) is 48.0 Å².